The predicted octanol–water partition coefficient (Wildman–Crippen LogP) is 5.61. The minimum absolute atomic E-state index is 0.905. The topological polar surface area (TPSA) is 12.0 Å². The highest BCUT2D eigenvalue weighted by molar-refractivity contribution is 5.10. The second-order valence-electron chi connectivity index (χ2n) is 5.50. The highest BCUT2D eigenvalue weighted by Gasteiger charge is 1.98. The van der Waals surface area contributed by atoms with Gasteiger partial charge in [0.05, 0.1) is 0 Å². The molecule has 0 aromatic heterocycles. The summed E-state index contributed by atoms with van der Waals surface area (Å²) < 4.78 is 0. The Hall–Kier alpha value is -0.980. The normalized spacial score (nSPS) is 14.4. The summed E-state index contributed by atoms with van der Waals surface area (Å²) in [6.45, 7) is 6.85. The van der Waals surface area contributed by atoms with Gasteiger partial charge in [-0.15, -0.1) is 0 Å². The van der Waals surface area contributed by atoms with Crippen molar-refractivity contribution in [1.29, 1.82) is 0 Å². The molecule has 1 atom stereocenters. The van der Waals surface area contributed by atoms with E-state index in [1.165, 1.54) is 44.1 Å². The summed E-state index contributed by atoms with van der Waals surface area (Å²) in [6, 6.07) is 0. The number of allylic oxidation sites excluding steroid dienone is 5. The van der Waals surface area contributed by atoms with Crippen LogP contribution in [0.3, 0.4) is 0 Å². The van der Waals surface area contributed by atoms with Crippen LogP contribution in [0.4, 0.5) is 0 Å². The molecule has 0 saturated heterocycles. The number of hydrogen-bond acceptors (Lipinski definition) is 1. The van der Waals surface area contributed by atoms with Crippen LogP contribution in [0, 0.1) is 5.92 Å². The average molecular weight is 263 g/mol. The van der Waals surface area contributed by atoms with Crippen LogP contribution in [0.1, 0.15) is 65.7 Å². The minimum atomic E-state index is 0.905. The number of unbranched alkanes of at least 4 members (excludes halogenated alkanes) is 1. The maximum absolute atomic E-state index is 2.99. The highest BCUT2D eigenvalue weighted by atomic mass is 14.8. The zero-order valence-electron chi connectivity index (χ0n) is 13.4. The molecule has 1 heteroatoms. The molecule has 0 aliphatic heterocycles. The molecule has 0 rings (SSSR count). The molecule has 0 aliphatic rings. The molecule has 0 fully saturated rings. The van der Waals surface area contributed by atoms with E-state index in [0.29, 0.717) is 0 Å². The van der Waals surface area contributed by atoms with E-state index in [1.54, 1.807) is 0 Å². The summed E-state index contributed by atoms with van der Waals surface area (Å²) >= 11 is 0. The molecule has 1 nitrogen and oxygen atoms in total. The average Bonchev–Trinajstić information content (AvgIpc) is 2.38. The van der Waals surface area contributed by atoms with E-state index < -0.39 is 0 Å². The van der Waals surface area contributed by atoms with Crippen molar-refractivity contribution < 1.29 is 0 Å². The predicted molar refractivity (Wildman–Crippen MR) is 88.3 cm³/mol. The summed E-state index contributed by atoms with van der Waals surface area (Å²) in [4.78, 5) is 0. The Bertz CT molecular complexity index is 273. The maximum Gasteiger partial charge on any atom is 0.00277 e. The first-order valence-corrected chi connectivity index (χ1v) is 7.85. The summed E-state index contributed by atoms with van der Waals surface area (Å²) in [7, 11) is 1.92. The van der Waals surface area contributed by atoms with Gasteiger partial charge in [-0.05, 0) is 50.8 Å². The smallest absolute Gasteiger partial charge is 0.00277 e. The standard InChI is InChI=1S/C18H33N/c1-5-12-17(2)13-9-7-6-8-10-14-18(3)15-11-16-19-4/h6,8,11,15-17,19H,5,7,9-10,12-14H2,1-4H3/b8-6+,16-11-,18-15+/t17-/m1/s1. The van der Waals surface area contributed by atoms with E-state index in [4.69, 9.17) is 0 Å². The summed E-state index contributed by atoms with van der Waals surface area (Å²) in [5, 5.41) is 2.99. The molecule has 0 bridgehead atoms. The molecule has 0 aromatic rings. The second kappa shape index (κ2) is 13.5. The third-order valence-electron chi connectivity index (χ3n) is 3.36. The zero-order chi connectivity index (χ0) is 14.3. The SMILES string of the molecule is CCC[C@@H](C)CCC/C=C/CC/C(C)=C/C=C\NC. The molecule has 1 N–H and O–H groups in total. The Morgan fingerprint density at radius 1 is 1.16 bits per heavy atom. The number of nitrogens with one attached hydrogen (secondary N) is 1. The molecule has 0 amide bonds. The molecule has 0 radical (unpaired) electrons. The van der Waals surface area contributed by atoms with Gasteiger partial charge in [-0.3, -0.25) is 0 Å². The van der Waals surface area contributed by atoms with E-state index in [-0.39, 0.29) is 0 Å². The highest BCUT2D eigenvalue weighted by Crippen LogP contribution is 2.14. The Balaban J connectivity index is 3.53. The van der Waals surface area contributed by atoms with Gasteiger partial charge >= 0.3 is 0 Å². The van der Waals surface area contributed by atoms with E-state index >= 15 is 0 Å². The molecule has 0 unspecified atom stereocenters. The zero-order valence-corrected chi connectivity index (χ0v) is 13.4. The number of hydrogen-bond donors (Lipinski definition) is 1. The lowest BCUT2D eigenvalue weighted by atomic mass is 9.99. The van der Waals surface area contributed by atoms with E-state index in [0.717, 1.165) is 12.3 Å². The lowest BCUT2D eigenvalue weighted by molar-refractivity contribution is 0.471. The molecule has 0 saturated carbocycles. The van der Waals surface area contributed by atoms with Crippen molar-refractivity contribution in [3.8, 4) is 0 Å². The maximum atomic E-state index is 2.99. The molecule has 0 aromatic carbocycles. The monoisotopic (exact) mass is 263 g/mol. The van der Waals surface area contributed by atoms with Gasteiger partial charge in [0.25, 0.3) is 0 Å². The quantitative estimate of drug-likeness (QED) is 0.290. The number of rotatable bonds is 11. The first-order valence-electron chi connectivity index (χ1n) is 7.85. The van der Waals surface area contributed by atoms with Gasteiger partial charge in [0.15, 0.2) is 0 Å². The van der Waals surface area contributed by atoms with Gasteiger partial charge in [-0.1, -0.05) is 56.9 Å². The van der Waals surface area contributed by atoms with Crippen LogP contribution in [0.2, 0.25) is 0 Å². The van der Waals surface area contributed by atoms with Crippen molar-refractivity contribution >= 4 is 0 Å². The van der Waals surface area contributed by atoms with Crippen LogP contribution in [0.15, 0.2) is 36.1 Å². The lowest BCUT2D eigenvalue weighted by Crippen LogP contribution is -1.92. The molecular weight excluding hydrogens is 230 g/mol. The van der Waals surface area contributed by atoms with Crippen molar-refractivity contribution in [2.45, 2.75) is 65.7 Å². The van der Waals surface area contributed by atoms with Gasteiger partial charge in [0, 0.05) is 7.05 Å². The summed E-state index contributed by atoms with van der Waals surface area (Å²) in [5.41, 5.74) is 1.44. The Labute approximate surface area is 120 Å². The van der Waals surface area contributed by atoms with E-state index in [9.17, 15) is 0 Å². The van der Waals surface area contributed by atoms with Crippen molar-refractivity contribution in [1.82, 2.24) is 5.32 Å². The van der Waals surface area contributed by atoms with Crippen molar-refractivity contribution in [3.63, 3.8) is 0 Å². The Kier molecular flexibility index (Phi) is 12.8. The van der Waals surface area contributed by atoms with Crippen LogP contribution >= 0.6 is 0 Å². The van der Waals surface area contributed by atoms with Crippen molar-refractivity contribution in [3.05, 3.63) is 36.1 Å². The minimum Gasteiger partial charge on any atom is -0.394 e. The van der Waals surface area contributed by atoms with Crippen LogP contribution < -0.4 is 5.32 Å². The van der Waals surface area contributed by atoms with Crippen LogP contribution in [-0.2, 0) is 0 Å². The second-order valence-corrected chi connectivity index (χ2v) is 5.50. The summed E-state index contributed by atoms with van der Waals surface area (Å²) in [6.07, 6.45) is 19.9. The fraction of sp³-hybridized carbons (Fsp3) is 0.667. The first kappa shape index (κ1) is 18.0. The lowest BCUT2D eigenvalue weighted by Gasteiger charge is -2.07. The fourth-order valence-corrected chi connectivity index (χ4v) is 2.16. The van der Waals surface area contributed by atoms with Crippen LogP contribution in [0.5, 0.6) is 0 Å². The third kappa shape index (κ3) is 13.3. The largest absolute Gasteiger partial charge is 0.394 e. The molecule has 19 heavy (non-hydrogen) atoms. The third-order valence-corrected chi connectivity index (χ3v) is 3.36. The van der Waals surface area contributed by atoms with Gasteiger partial charge in [-0.25, -0.2) is 0 Å². The van der Waals surface area contributed by atoms with Crippen LogP contribution in [-0.4, -0.2) is 7.05 Å². The van der Waals surface area contributed by atoms with Gasteiger partial charge in [0.2, 0.25) is 0 Å². The molecule has 0 aliphatic carbocycles. The van der Waals surface area contributed by atoms with E-state index in [1.807, 2.05) is 13.2 Å². The molecular formula is C18H33N. The first-order chi connectivity index (χ1) is 9.20. The van der Waals surface area contributed by atoms with Gasteiger partial charge < -0.3 is 5.32 Å². The summed E-state index contributed by atoms with van der Waals surface area (Å²) in [5.74, 6) is 0.905. The molecule has 110 valence electrons. The molecule has 0 spiro atoms. The van der Waals surface area contributed by atoms with Gasteiger partial charge in [-0.2, -0.15) is 0 Å². The molecule has 0 heterocycles. The van der Waals surface area contributed by atoms with Crippen LogP contribution in [0.25, 0.3) is 0 Å². The fourth-order valence-electron chi connectivity index (χ4n) is 2.16. The van der Waals surface area contributed by atoms with E-state index in [2.05, 4.69) is 50.4 Å². The van der Waals surface area contributed by atoms with Crippen molar-refractivity contribution in [2.75, 3.05) is 7.05 Å². The Morgan fingerprint density at radius 3 is 2.58 bits per heavy atom. The van der Waals surface area contributed by atoms with Crippen molar-refractivity contribution in [2.24, 2.45) is 5.92 Å². The Morgan fingerprint density at radius 2 is 1.89 bits per heavy atom. The van der Waals surface area contributed by atoms with Gasteiger partial charge in [0.1, 0.15) is 0 Å².